The summed E-state index contributed by atoms with van der Waals surface area (Å²) in [5, 5.41) is 0. The zero-order chi connectivity index (χ0) is 11.3. The third-order valence-electron chi connectivity index (χ3n) is 3.07. The van der Waals surface area contributed by atoms with E-state index < -0.39 is 0 Å². The van der Waals surface area contributed by atoms with Crippen molar-refractivity contribution in [2.24, 2.45) is 5.92 Å². The van der Waals surface area contributed by atoms with Gasteiger partial charge in [0.1, 0.15) is 0 Å². The van der Waals surface area contributed by atoms with Crippen molar-refractivity contribution in [1.29, 1.82) is 0 Å². The molecule has 1 aromatic heterocycles. The van der Waals surface area contributed by atoms with Gasteiger partial charge in [0, 0.05) is 23.1 Å². The van der Waals surface area contributed by atoms with E-state index in [0.29, 0.717) is 4.83 Å². The first kappa shape index (κ1) is 12.7. The Labute approximate surface area is 101 Å². The number of rotatable bonds is 5. The average Bonchev–Trinajstić information content (AvgIpc) is 2.23. The Kier molecular flexibility index (Phi) is 5.30. The van der Waals surface area contributed by atoms with E-state index in [2.05, 4.69) is 47.8 Å². The van der Waals surface area contributed by atoms with Crippen molar-refractivity contribution < 1.29 is 0 Å². The van der Waals surface area contributed by atoms with Crippen molar-refractivity contribution in [3.05, 3.63) is 29.6 Å². The highest BCUT2D eigenvalue weighted by atomic mass is 79.9. The molecule has 1 aromatic rings. The van der Waals surface area contributed by atoms with Crippen LogP contribution >= 0.6 is 15.9 Å². The first-order valence-corrected chi connectivity index (χ1v) is 6.65. The number of aromatic nitrogens is 1. The molecule has 0 amide bonds. The van der Waals surface area contributed by atoms with Gasteiger partial charge in [0.2, 0.25) is 0 Å². The summed E-state index contributed by atoms with van der Waals surface area (Å²) in [7, 11) is 0. The molecule has 0 aliphatic carbocycles. The monoisotopic (exact) mass is 269 g/mol. The molecule has 1 atom stereocenters. The lowest BCUT2D eigenvalue weighted by atomic mass is 9.95. The van der Waals surface area contributed by atoms with Gasteiger partial charge >= 0.3 is 0 Å². The smallest absolute Gasteiger partial charge is 0.0443 e. The van der Waals surface area contributed by atoms with Crippen LogP contribution in [0.2, 0.25) is 0 Å². The van der Waals surface area contributed by atoms with Crippen LogP contribution in [-0.4, -0.2) is 9.81 Å². The Balaban J connectivity index is 2.65. The third-order valence-corrected chi connectivity index (χ3v) is 4.14. The molecule has 0 saturated heterocycles. The van der Waals surface area contributed by atoms with E-state index in [9.17, 15) is 0 Å². The van der Waals surface area contributed by atoms with Crippen LogP contribution in [0.5, 0.6) is 0 Å². The standard InChI is InChI=1S/C13H20BrN/c1-4-11(5-2)12(14)9-13-10(3)7-6-8-15-13/h6-8,11-12H,4-5,9H2,1-3H3. The van der Waals surface area contributed by atoms with Crippen LogP contribution in [0.4, 0.5) is 0 Å². The summed E-state index contributed by atoms with van der Waals surface area (Å²) in [6.07, 6.45) is 5.39. The second-order valence-electron chi connectivity index (χ2n) is 4.06. The molecule has 2 heteroatoms. The number of halogens is 1. The molecule has 0 spiro atoms. The van der Waals surface area contributed by atoms with Crippen molar-refractivity contribution in [2.45, 2.75) is 44.9 Å². The lowest BCUT2D eigenvalue weighted by Gasteiger charge is -2.19. The predicted octanol–water partition coefficient (Wildman–Crippen LogP) is 4.13. The summed E-state index contributed by atoms with van der Waals surface area (Å²) in [6, 6.07) is 4.13. The third kappa shape index (κ3) is 3.60. The topological polar surface area (TPSA) is 12.9 Å². The highest BCUT2D eigenvalue weighted by Gasteiger charge is 2.16. The highest BCUT2D eigenvalue weighted by Crippen LogP contribution is 2.24. The second-order valence-corrected chi connectivity index (χ2v) is 5.24. The molecular weight excluding hydrogens is 250 g/mol. The molecule has 0 saturated carbocycles. The van der Waals surface area contributed by atoms with Crippen LogP contribution in [0.3, 0.4) is 0 Å². The number of aryl methyl sites for hydroxylation is 1. The summed E-state index contributed by atoms with van der Waals surface area (Å²) in [5.74, 6) is 0.756. The summed E-state index contributed by atoms with van der Waals surface area (Å²) >= 11 is 3.80. The summed E-state index contributed by atoms with van der Waals surface area (Å²) < 4.78 is 0. The molecule has 0 radical (unpaired) electrons. The maximum Gasteiger partial charge on any atom is 0.0443 e. The van der Waals surface area contributed by atoms with Gasteiger partial charge in [-0.15, -0.1) is 0 Å². The molecule has 0 aliphatic heterocycles. The number of alkyl halides is 1. The SMILES string of the molecule is CCC(CC)C(Br)Cc1ncccc1C. The molecule has 0 fully saturated rings. The van der Waals surface area contributed by atoms with Crippen molar-refractivity contribution in [3.63, 3.8) is 0 Å². The Morgan fingerprint density at radius 3 is 2.53 bits per heavy atom. The van der Waals surface area contributed by atoms with E-state index in [1.807, 2.05) is 12.3 Å². The summed E-state index contributed by atoms with van der Waals surface area (Å²) in [5.41, 5.74) is 2.53. The molecule has 1 heterocycles. The predicted molar refractivity (Wildman–Crippen MR) is 69.5 cm³/mol. The summed E-state index contributed by atoms with van der Waals surface area (Å²) in [6.45, 7) is 6.65. The highest BCUT2D eigenvalue weighted by molar-refractivity contribution is 9.09. The van der Waals surface area contributed by atoms with E-state index >= 15 is 0 Å². The molecule has 0 N–H and O–H groups in total. The van der Waals surface area contributed by atoms with Crippen LogP contribution in [0, 0.1) is 12.8 Å². The molecule has 0 bridgehead atoms. The molecular formula is C13H20BrN. The van der Waals surface area contributed by atoms with E-state index in [4.69, 9.17) is 0 Å². The second kappa shape index (κ2) is 6.26. The van der Waals surface area contributed by atoms with Gasteiger partial charge in [0.05, 0.1) is 0 Å². The van der Waals surface area contributed by atoms with Crippen molar-refractivity contribution in [1.82, 2.24) is 4.98 Å². The molecule has 1 unspecified atom stereocenters. The normalized spacial score (nSPS) is 13.1. The fraction of sp³-hybridized carbons (Fsp3) is 0.615. The van der Waals surface area contributed by atoms with Gasteiger partial charge < -0.3 is 0 Å². The van der Waals surface area contributed by atoms with Crippen LogP contribution < -0.4 is 0 Å². The largest absolute Gasteiger partial charge is 0.261 e. The van der Waals surface area contributed by atoms with Gasteiger partial charge in [-0.05, 0) is 24.5 Å². The van der Waals surface area contributed by atoms with Crippen LogP contribution in [0.25, 0.3) is 0 Å². The lowest BCUT2D eigenvalue weighted by molar-refractivity contribution is 0.472. The van der Waals surface area contributed by atoms with Crippen molar-refractivity contribution in [2.75, 3.05) is 0 Å². The Morgan fingerprint density at radius 2 is 2.00 bits per heavy atom. The molecule has 1 rings (SSSR count). The average molecular weight is 270 g/mol. The molecule has 0 aromatic carbocycles. The fourth-order valence-corrected chi connectivity index (χ4v) is 2.94. The van der Waals surface area contributed by atoms with Gasteiger partial charge in [-0.2, -0.15) is 0 Å². The Morgan fingerprint density at radius 1 is 1.33 bits per heavy atom. The Bertz CT molecular complexity index is 294. The molecule has 1 nitrogen and oxygen atoms in total. The molecule has 15 heavy (non-hydrogen) atoms. The van der Waals surface area contributed by atoms with Crippen LogP contribution in [0.1, 0.15) is 37.9 Å². The van der Waals surface area contributed by atoms with E-state index in [0.717, 1.165) is 12.3 Å². The van der Waals surface area contributed by atoms with Gasteiger partial charge in [-0.3, -0.25) is 4.98 Å². The molecule has 84 valence electrons. The minimum absolute atomic E-state index is 0.557. The van der Waals surface area contributed by atoms with Crippen molar-refractivity contribution >= 4 is 15.9 Å². The zero-order valence-electron chi connectivity index (χ0n) is 9.83. The lowest BCUT2D eigenvalue weighted by Crippen LogP contribution is -2.16. The van der Waals surface area contributed by atoms with Gasteiger partial charge in [-0.1, -0.05) is 48.7 Å². The minimum Gasteiger partial charge on any atom is -0.261 e. The van der Waals surface area contributed by atoms with E-state index in [1.165, 1.54) is 24.1 Å². The number of hydrogen-bond acceptors (Lipinski definition) is 1. The number of nitrogens with zero attached hydrogens (tertiary/aromatic N) is 1. The maximum atomic E-state index is 4.44. The molecule has 0 aliphatic rings. The van der Waals surface area contributed by atoms with Crippen LogP contribution in [0.15, 0.2) is 18.3 Å². The number of pyridine rings is 1. The first-order chi connectivity index (χ1) is 7.19. The van der Waals surface area contributed by atoms with Crippen molar-refractivity contribution in [3.8, 4) is 0 Å². The van der Waals surface area contributed by atoms with E-state index in [1.54, 1.807) is 0 Å². The summed E-state index contributed by atoms with van der Waals surface area (Å²) in [4.78, 5) is 5.00. The van der Waals surface area contributed by atoms with Gasteiger partial charge in [0.15, 0.2) is 0 Å². The fourth-order valence-electron chi connectivity index (χ4n) is 1.88. The van der Waals surface area contributed by atoms with E-state index in [-0.39, 0.29) is 0 Å². The zero-order valence-corrected chi connectivity index (χ0v) is 11.4. The Hall–Kier alpha value is -0.370. The maximum absolute atomic E-state index is 4.44. The quantitative estimate of drug-likeness (QED) is 0.733. The van der Waals surface area contributed by atoms with Gasteiger partial charge in [-0.25, -0.2) is 0 Å². The minimum atomic E-state index is 0.557. The van der Waals surface area contributed by atoms with Crippen LogP contribution in [-0.2, 0) is 6.42 Å². The number of hydrogen-bond donors (Lipinski definition) is 0. The van der Waals surface area contributed by atoms with Gasteiger partial charge in [0.25, 0.3) is 0 Å². The first-order valence-electron chi connectivity index (χ1n) is 5.73.